The molecule has 0 saturated heterocycles. The second kappa shape index (κ2) is 6.16. The van der Waals surface area contributed by atoms with E-state index >= 15 is 0 Å². The summed E-state index contributed by atoms with van der Waals surface area (Å²) in [4.78, 5) is 24.0. The van der Waals surface area contributed by atoms with E-state index in [0.717, 1.165) is 21.3 Å². The lowest BCUT2D eigenvalue weighted by molar-refractivity contribution is -0.116. The molecule has 5 heteroatoms. The van der Waals surface area contributed by atoms with Crippen LogP contribution in [0.1, 0.15) is 34.3 Å². The van der Waals surface area contributed by atoms with E-state index in [1.165, 1.54) is 0 Å². The molecule has 1 aliphatic rings. The Bertz CT molecular complexity index is 801. The monoisotopic (exact) mass is 373 g/mol. The minimum Gasteiger partial charge on any atom is -0.484 e. The molecule has 1 aliphatic heterocycles. The fourth-order valence-electron chi connectivity index (χ4n) is 2.54. The number of nitrogens with one attached hydrogen (secondary N) is 1. The molecule has 0 aliphatic carbocycles. The number of aryl methyl sites for hydroxylation is 1. The van der Waals surface area contributed by atoms with Crippen molar-refractivity contribution in [2.75, 3.05) is 11.9 Å². The van der Waals surface area contributed by atoms with Crippen LogP contribution < -0.4 is 10.1 Å². The van der Waals surface area contributed by atoms with Gasteiger partial charge in [-0.2, -0.15) is 0 Å². The van der Waals surface area contributed by atoms with Crippen LogP contribution in [0.5, 0.6) is 5.75 Å². The first-order chi connectivity index (χ1) is 11.0. The van der Waals surface area contributed by atoms with Gasteiger partial charge in [-0.3, -0.25) is 9.59 Å². The van der Waals surface area contributed by atoms with Crippen molar-refractivity contribution in [1.82, 2.24) is 0 Å². The Morgan fingerprint density at radius 1 is 1.26 bits per heavy atom. The van der Waals surface area contributed by atoms with Gasteiger partial charge in [-0.15, -0.1) is 0 Å². The summed E-state index contributed by atoms with van der Waals surface area (Å²) in [6, 6.07) is 11.0. The first-order valence-electron chi connectivity index (χ1n) is 7.32. The van der Waals surface area contributed by atoms with Gasteiger partial charge >= 0.3 is 0 Å². The predicted octanol–water partition coefficient (Wildman–Crippen LogP) is 4.07. The molecule has 23 heavy (non-hydrogen) atoms. The predicted molar refractivity (Wildman–Crippen MR) is 92.2 cm³/mol. The lowest BCUT2D eigenvalue weighted by Crippen LogP contribution is -2.12. The van der Waals surface area contributed by atoms with Crippen molar-refractivity contribution in [3.63, 3.8) is 0 Å². The number of amides is 1. The van der Waals surface area contributed by atoms with Gasteiger partial charge in [0.25, 0.3) is 0 Å². The molecular weight excluding hydrogens is 358 g/mol. The van der Waals surface area contributed by atoms with Crippen LogP contribution in [0.15, 0.2) is 40.9 Å². The Labute approximate surface area is 143 Å². The van der Waals surface area contributed by atoms with E-state index in [1.807, 2.05) is 32.0 Å². The number of carbonyl (C=O) groups excluding carboxylic acids is 2. The minimum atomic E-state index is -0.232. The highest BCUT2D eigenvalue weighted by molar-refractivity contribution is 9.10. The Hall–Kier alpha value is -2.14. The number of halogens is 1. The van der Waals surface area contributed by atoms with Crippen LogP contribution in [0.25, 0.3) is 0 Å². The maximum atomic E-state index is 12.3. The third-order valence-electron chi connectivity index (χ3n) is 3.94. The van der Waals surface area contributed by atoms with E-state index in [2.05, 4.69) is 21.2 Å². The molecule has 2 aromatic rings. The van der Waals surface area contributed by atoms with Gasteiger partial charge in [-0.1, -0.05) is 6.07 Å². The smallest absolute Gasteiger partial charge is 0.231 e. The standard InChI is InChI=1S/C18H16BrNO3/c1-10-3-6-17(14(19)7-10)23-9-16(21)12-4-5-15-13(8-12)11(2)18(22)20-15/h3-8,11H,9H2,1-2H3,(H,20,22)/t11-/m1/s1. The minimum absolute atomic E-state index is 0.0376. The van der Waals surface area contributed by atoms with Crippen molar-refractivity contribution >= 4 is 33.3 Å². The van der Waals surface area contributed by atoms with Crippen molar-refractivity contribution in [2.45, 2.75) is 19.8 Å². The summed E-state index contributed by atoms with van der Waals surface area (Å²) >= 11 is 3.43. The van der Waals surface area contributed by atoms with Crippen LogP contribution in [0, 0.1) is 6.92 Å². The summed E-state index contributed by atoms with van der Waals surface area (Å²) in [5, 5.41) is 2.80. The number of fused-ring (bicyclic) bond motifs is 1. The van der Waals surface area contributed by atoms with Crippen LogP contribution in [0.3, 0.4) is 0 Å². The van der Waals surface area contributed by atoms with E-state index in [9.17, 15) is 9.59 Å². The average molecular weight is 374 g/mol. The van der Waals surface area contributed by atoms with Crippen molar-refractivity contribution in [2.24, 2.45) is 0 Å². The Kier molecular flexibility index (Phi) is 4.22. The Balaban J connectivity index is 1.73. The van der Waals surface area contributed by atoms with Gasteiger partial charge < -0.3 is 10.1 Å². The molecule has 1 atom stereocenters. The normalized spacial score (nSPS) is 16.0. The molecule has 0 fully saturated rings. The van der Waals surface area contributed by atoms with E-state index in [-0.39, 0.29) is 24.2 Å². The highest BCUT2D eigenvalue weighted by atomic mass is 79.9. The van der Waals surface area contributed by atoms with Gasteiger partial charge in [-0.05, 0) is 71.2 Å². The maximum Gasteiger partial charge on any atom is 0.231 e. The van der Waals surface area contributed by atoms with Gasteiger partial charge in [0.15, 0.2) is 12.4 Å². The number of rotatable bonds is 4. The van der Waals surface area contributed by atoms with Crippen LogP contribution in [-0.2, 0) is 4.79 Å². The molecule has 1 heterocycles. The van der Waals surface area contributed by atoms with Gasteiger partial charge in [0.2, 0.25) is 5.91 Å². The summed E-state index contributed by atoms with van der Waals surface area (Å²) in [6.45, 7) is 3.77. The van der Waals surface area contributed by atoms with E-state index in [4.69, 9.17) is 4.74 Å². The molecule has 4 nitrogen and oxygen atoms in total. The lowest BCUT2D eigenvalue weighted by atomic mass is 9.99. The highest BCUT2D eigenvalue weighted by Crippen LogP contribution is 2.33. The first-order valence-corrected chi connectivity index (χ1v) is 8.12. The zero-order valence-electron chi connectivity index (χ0n) is 12.9. The van der Waals surface area contributed by atoms with E-state index in [1.54, 1.807) is 18.2 Å². The SMILES string of the molecule is Cc1ccc(OCC(=O)c2ccc3c(c2)[C@@H](C)C(=O)N3)c(Br)c1. The number of anilines is 1. The molecule has 0 saturated carbocycles. The molecule has 0 unspecified atom stereocenters. The number of ether oxygens (including phenoxy) is 1. The Morgan fingerprint density at radius 2 is 2.04 bits per heavy atom. The Morgan fingerprint density at radius 3 is 2.78 bits per heavy atom. The van der Waals surface area contributed by atoms with Crippen LogP contribution in [0.2, 0.25) is 0 Å². The highest BCUT2D eigenvalue weighted by Gasteiger charge is 2.27. The largest absolute Gasteiger partial charge is 0.484 e. The van der Waals surface area contributed by atoms with E-state index in [0.29, 0.717) is 11.3 Å². The van der Waals surface area contributed by atoms with Crippen LogP contribution >= 0.6 is 15.9 Å². The fraction of sp³-hybridized carbons (Fsp3) is 0.222. The molecule has 2 aromatic carbocycles. The maximum absolute atomic E-state index is 12.3. The quantitative estimate of drug-likeness (QED) is 0.821. The molecule has 1 N–H and O–H groups in total. The third kappa shape index (κ3) is 3.15. The second-order valence-corrected chi connectivity index (χ2v) is 6.51. The second-order valence-electron chi connectivity index (χ2n) is 5.66. The molecule has 1 amide bonds. The number of carbonyl (C=O) groups is 2. The number of hydrogen-bond acceptors (Lipinski definition) is 3. The summed E-state index contributed by atoms with van der Waals surface area (Å²) in [6.07, 6.45) is 0. The molecule has 0 bridgehead atoms. The number of ketones is 1. The average Bonchev–Trinajstić information content (AvgIpc) is 2.80. The van der Waals surface area contributed by atoms with Gasteiger partial charge in [-0.25, -0.2) is 0 Å². The number of Topliss-reactive ketones (excluding diaryl/α,β-unsaturated/α-hetero) is 1. The molecular formula is C18H16BrNO3. The zero-order valence-corrected chi connectivity index (χ0v) is 14.4. The van der Waals surface area contributed by atoms with E-state index < -0.39 is 0 Å². The topological polar surface area (TPSA) is 55.4 Å². The number of benzene rings is 2. The zero-order chi connectivity index (χ0) is 16.6. The molecule has 3 rings (SSSR count). The van der Waals surface area contributed by atoms with Crippen LogP contribution in [0.4, 0.5) is 5.69 Å². The third-order valence-corrected chi connectivity index (χ3v) is 4.56. The van der Waals surface area contributed by atoms with Gasteiger partial charge in [0, 0.05) is 11.3 Å². The van der Waals surface area contributed by atoms with Crippen LogP contribution in [-0.4, -0.2) is 18.3 Å². The summed E-state index contributed by atoms with van der Waals surface area (Å²) < 4.78 is 6.42. The molecule has 118 valence electrons. The summed E-state index contributed by atoms with van der Waals surface area (Å²) in [5.74, 6) is 0.247. The summed E-state index contributed by atoms with van der Waals surface area (Å²) in [5.41, 5.74) is 3.30. The van der Waals surface area contributed by atoms with Crippen molar-refractivity contribution in [1.29, 1.82) is 0 Å². The lowest BCUT2D eigenvalue weighted by Gasteiger charge is -2.09. The van der Waals surface area contributed by atoms with Gasteiger partial charge in [0.1, 0.15) is 5.75 Å². The molecule has 0 spiro atoms. The molecule has 0 radical (unpaired) electrons. The molecule has 0 aromatic heterocycles. The summed E-state index contributed by atoms with van der Waals surface area (Å²) in [7, 11) is 0. The van der Waals surface area contributed by atoms with Gasteiger partial charge in [0.05, 0.1) is 10.4 Å². The van der Waals surface area contributed by atoms with Crippen molar-refractivity contribution in [3.8, 4) is 5.75 Å². The fourth-order valence-corrected chi connectivity index (χ4v) is 3.15. The van der Waals surface area contributed by atoms with Crippen molar-refractivity contribution in [3.05, 3.63) is 57.6 Å². The number of hydrogen-bond donors (Lipinski definition) is 1. The first kappa shape index (κ1) is 15.7. The van der Waals surface area contributed by atoms with Crippen molar-refractivity contribution < 1.29 is 14.3 Å².